The minimum absolute atomic E-state index is 0.0157. The minimum atomic E-state index is -0.732. The van der Waals surface area contributed by atoms with Gasteiger partial charge in [0.25, 0.3) is 5.69 Å². The van der Waals surface area contributed by atoms with Crippen molar-refractivity contribution < 1.29 is 18.8 Å². The van der Waals surface area contributed by atoms with Gasteiger partial charge in [-0.3, -0.25) is 14.9 Å². The van der Waals surface area contributed by atoms with E-state index < -0.39 is 10.7 Å². The fourth-order valence-corrected chi connectivity index (χ4v) is 1.69. The van der Waals surface area contributed by atoms with Gasteiger partial charge < -0.3 is 4.74 Å². The smallest absolute Gasteiger partial charge is 0.271 e. The Morgan fingerprint density at radius 2 is 1.90 bits per heavy atom. The second-order valence-corrected chi connectivity index (χ2v) is 4.19. The Kier molecular flexibility index (Phi) is 3.95. The molecule has 0 saturated carbocycles. The lowest BCUT2D eigenvalue weighted by Gasteiger charge is -2.08. The number of ether oxygens (including phenoxy) is 1. The van der Waals surface area contributed by atoms with Gasteiger partial charge in [-0.2, -0.15) is 0 Å². The first-order valence-electron chi connectivity index (χ1n) is 5.38. The standard InChI is InChI=1S/C13H7ClFNO4/c14-10-6-9(16(18)19)2-4-12(10)20-13-3-1-8(7-17)5-11(13)15/h1-7H. The lowest BCUT2D eigenvalue weighted by Crippen LogP contribution is -1.92. The van der Waals surface area contributed by atoms with Crippen molar-refractivity contribution >= 4 is 23.6 Å². The van der Waals surface area contributed by atoms with Crippen LogP contribution in [0, 0.1) is 15.9 Å². The second kappa shape index (κ2) is 5.66. The average molecular weight is 296 g/mol. The minimum Gasteiger partial charge on any atom is -0.453 e. The highest BCUT2D eigenvalue weighted by atomic mass is 35.5. The van der Waals surface area contributed by atoms with Gasteiger partial charge in [-0.1, -0.05) is 11.6 Å². The molecule has 0 bridgehead atoms. The summed E-state index contributed by atoms with van der Waals surface area (Å²) in [5.74, 6) is -0.787. The van der Waals surface area contributed by atoms with E-state index in [1.165, 1.54) is 24.3 Å². The van der Waals surface area contributed by atoms with Gasteiger partial charge in [0.1, 0.15) is 12.0 Å². The van der Waals surface area contributed by atoms with Crippen molar-refractivity contribution in [3.63, 3.8) is 0 Å². The molecule has 0 atom stereocenters. The molecule has 0 N–H and O–H groups in total. The molecule has 102 valence electrons. The maximum Gasteiger partial charge on any atom is 0.271 e. The largest absolute Gasteiger partial charge is 0.453 e. The number of rotatable bonds is 4. The van der Waals surface area contributed by atoms with Gasteiger partial charge in [-0.25, -0.2) is 4.39 Å². The summed E-state index contributed by atoms with van der Waals surface area (Å²) in [6, 6.07) is 7.24. The molecule has 0 spiro atoms. The number of aldehydes is 1. The highest BCUT2D eigenvalue weighted by Gasteiger charge is 2.13. The Hall–Kier alpha value is -2.47. The fourth-order valence-electron chi connectivity index (χ4n) is 1.48. The van der Waals surface area contributed by atoms with Gasteiger partial charge in [0, 0.05) is 17.7 Å². The van der Waals surface area contributed by atoms with Crippen LogP contribution in [0.25, 0.3) is 0 Å². The van der Waals surface area contributed by atoms with Crippen LogP contribution in [-0.4, -0.2) is 11.2 Å². The maximum absolute atomic E-state index is 13.6. The molecule has 0 aliphatic heterocycles. The van der Waals surface area contributed by atoms with Crippen LogP contribution in [0.2, 0.25) is 5.02 Å². The summed E-state index contributed by atoms with van der Waals surface area (Å²) >= 11 is 5.83. The van der Waals surface area contributed by atoms with E-state index in [0.717, 1.165) is 12.1 Å². The molecule has 7 heteroatoms. The average Bonchev–Trinajstić information content (AvgIpc) is 2.42. The fraction of sp³-hybridized carbons (Fsp3) is 0. The van der Waals surface area contributed by atoms with E-state index in [0.29, 0.717) is 6.29 Å². The predicted octanol–water partition coefficient (Wildman–Crippen LogP) is 3.99. The van der Waals surface area contributed by atoms with Gasteiger partial charge in [-0.05, 0) is 24.3 Å². The number of nitrogens with zero attached hydrogens (tertiary/aromatic N) is 1. The molecule has 0 aliphatic carbocycles. The summed E-state index contributed by atoms with van der Waals surface area (Å²) in [7, 11) is 0. The van der Waals surface area contributed by atoms with Crippen molar-refractivity contribution in [1.29, 1.82) is 0 Å². The van der Waals surface area contributed by atoms with E-state index in [2.05, 4.69) is 0 Å². The molecule has 2 aromatic carbocycles. The lowest BCUT2D eigenvalue weighted by molar-refractivity contribution is -0.384. The Morgan fingerprint density at radius 3 is 2.45 bits per heavy atom. The van der Waals surface area contributed by atoms with Crippen LogP contribution in [0.15, 0.2) is 36.4 Å². The molecule has 20 heavy (non-hydrogen) atoms. The van der Waals surface area contributed by atoms with E-state index in [4.69, 9.17) is 16.3 Å². The Labute approximate surface area is 117 Å². The van der Waals surface area contributed by atoms with E-state index in [9.17, 15) is 19.3 Å². The predicted molar refractivity (Wildman–Crippen MR) is 70.0 cm³/mol. The number of carbonyl (C=O) groups is 1. The molecule has 0 aliphatic rings. The van der Waals surface area contributed by atoms with Crippen LogP contribution in [0.5, 0.6) is 11.5 Å². The summed E-state index contributed by atoms with van der Waals surface area (Å²) in [6.45, 7) is 0. The van der Waals surface area contributed by atoms with Gasteiger partial charge in [0.05, 0.1) is 9.95 Å². The number of non-ortho nitro benzene ring substituents is 1. The molecule has 0 heterocycles. The van der Waals surface area contributed by atoms with E-state index in [1.807, 2.05) is 0 Å². The third kappa shape index (κ3) is 2.92. The quantitative estimate of drug-likeness (QED) is 0.486. The number of hydrogen-bond donors (Lipinski definition) is 0. The van der Waals surface area contributed by atoms with Crippen molar-refractivity contribution in [3.8, 4) is 11.5 Å². The van der Waals surface area contributed by atoms with E-state index in [1.54, 1.807) is 0 Å². The number of nitro groups is 1. The van der Waals surface area contributed by atoms with Gasteiger partial charge in [0.15, 0.2) is 11.6 Å². The maximum atomic E-state index is 13.6. The Morgan fingerprint density at radius 1 is 1.20 bits per heavy atom. The molecular formula is C13H7ClFNO4. The Balaban J connectivity index is 2.30. The van der Waals surface area contributed by atoms with E-state index in [-0.39, 0.29) is 27.8 Å². The first-order valence-corrected chi connectivity index (χ1v) is 5.75. The Bertz CT molecular complexity index is 690. The van der Waals surface area contributed by atoms with Crippen LogP contribution < -0.4 is 4.74 Å². The van der Waals surface area contributed by atoms with Crippen molar-refractivity contribution in [2.45, 2.75) is 0 Å². The van der Waals surface area contributed by atoms with Crippen LogP contribution in [0.1, 0.15) is 10.4 Å². The number of hydrogen-bond acceptors (Lipinski definition) is 4. The monoisotopic (exact) mass is 295 g/mol. The first-order chi connectivity index (χ1) is 9.51. The molecular weight excluding hydrogens is 289 g/mol. The normalized spacial score (nSPS) is 10.1. The molecule has 0 unspecified atom stereocenters. The topological polar surface area (TPSA) is 69.4 Å². The lowest BCUT2D eigenvalue weighted by atomic mass is 10.2. The van der Waals surface area contributed by atoms with Crippen LogP contribution >= 0.6 is 11.6 Å². The third-order valence-corrected chi connectivity index (χ3v) is 2.73. The van der Waals surface area contributed by atoms with Crippen molar-refractivity contribution in [2.75, 3.05) is 0 Å². The van der Waals surface area contributed by atoms with Gasteiger partial charge >= 0.3 is 0 Å². The number of carbonyl (C=O) groups excluding carboxylic acids is 1. The molecule has 5 nitrogen and oxygen atoms in total. The first kappa shape index (κ1) is 14.0. The molecule has 0 aromatic heterocycles. The van der Waals surface area contributed by atoms with Crippen molar-refractivity contribution in [2.24, 2.45) is 0 Å². The second-order valence-electron chi connectivity index (χ2n) is 3.78. The summed E-state index contributed by atoms with van der Waals surface area (Å²) < 4.78 is 18.9. The zero-order chi connectivity index (χ0) is 14.7. The molecule has 0 fully saturated rings. The number of benzene rings is 2. The molecule has 0 amide bonds. The van der Waals surface area contributed by atoms with Crippen LogP contribution in [-0.2, 0) is 0 Å². The SMILES string of the molecule is O=Cc1ccc(Oc2ccc([N+](=O)[O-])cc2Cl)c(F)c1. The summed E-state index contributed by atoms with van der Waals surface area (Å²) in [5, 5.41) is 10.5. The van der Waals surface area contributed by atoms with Gasteiger partial charge in [-0.15, -0.1) is 0 Å². The highest BCUT2D eigenvalue weighted by Crippen LogP contribution is 2.33. The number of nitro benzene ring substituents is 1. The number of halogens is 2. The molecule has 2 rings (SSSR count). The molecule has 2 aromatic rings. The zero-order valence-electron chi connectivity index (χ0n) is 9.88. The third-order valence-electron chi connectivity index (χ3n) is 2.44. The summed E-state index contributed by atoms with van der Waals surface area (Å²) in [6.07, 6.45) is 0.506. The van der Waals surface area contributed by atoms with Crippen molar-refractivity contribution in [3.05, 3.63) is 62.9 Å². The van der Waals surface area contributed by atoms with Crippen LogP contribution in [0.3, 0.4) is 0 Å². The highest BCUT2D eigenvalue weighted by molar-refractivity contribution is 6.32. The van der Waals surface area contributed by atoms with Crippen molar-refractivity contribution in [1.82, 2.24) is 0 Å². The zero-order valence-corrected chi connectivity index (χ0v) is 10.6. The van der Waals surface area contributed by atoms with Gasteiger partial charge in [0.2, 0.25) is 0 Å². The summed E-state index contributed by atoms with van der Waals surface area (Å²) in [5.41, 5.74) is -0.0243. The molecule has 0 radical (unpaired) electrons. The van der Waals surface area contributed by atoms with Crippen LogP contribution in [0.4, 0.5) is 10.1 Å². The molecule has 0 saturated heterocycles. The summed E-state index contributed by atoms with van der Waals surface area (Å²) in [4.78, 5) is 20.4. The van der Waals surface area contributed by atoms with E-state index >= 15 is 0 Å².